The van der Waals surface area contributed by atoms with E-state index in [0.717, 1.165) is 0 Å². The molecule has 0 amide bonds. The van der Waals surface area contributed by atoms with E-state index in [9.17, 15) is 10.1 Å². The first-order valence-electron chi connectivity index (χ1n) is 3.41. The molecule has 0 saturated carbocycles. The van der Waals surface area contributed by atoms with Crippen LogP contribution in [0.1, 0.15) is 0 Å². The third kappa shape index (κ3) is 1.72. The van der Waals surface area contributed by atoms with Crippen molar-refractivity contribution in [2.75, 3.05) is 6.61 Å². The topological polar surface area (TPSA) is 52.4 Å². The van der Waals surface area contributed by atoms with Gasteiger partial charge in [0.05, 0.1) is 11.5 Å². The molecule has 0 aliphatic rings. The quantitative estimate of drug-likeness (QED) is 0.508. The van der Waals surface area contributed by atoms with E-state index >= 15 is 0 Å². The lowest BCUT2D eigenvalue weighted by Crippen LogP contribution is -1.96. The van der Waals surface area contributed by atoms with E-state index in [0.29, 0.717) is 0 Å². The van der Waals surface area contributed by atoms with Gasteiger partial charge in [-0.1, -0.05) is 12.1 Å². The zero-order valence-electron chi connectivity index (χ0n) is 6.40. The monoisotopic (exact) mass is 166 g/mol. The third-order valence-corrected chi connectivity index (χ3v) is 1.32. The predicted octanol–water partition coefficient (Wildman–Crippen LogP) is 1.81. The van der Waals surface area contributed by atoms with Crippen LogP contribution in [0.5, 0.6) is 5.75 Å². The lowest BCUT2D eigenvalue weighted by Gasteiger charge is -2.01. The van der Waals surface area contributed by atoms with E-state index in [-0.39, 0.29) is 18.0 Å². The van der Waals surface area contributed by atoms with Gasteiger partial charge in [-0.25, -0.2) is 0 Å². The van der Waals surface area contributed by atoms with Crippen LogP contribution in [-0.2, 0) is 0 Å². The molecule has 1 rings (SSSR count). The molecule has 1 radical (unpaired) electrons. The van der Waals surface area contributed by atoms with E-state index in [2.05, 4.69) is 6.92 Å². The van der Waals surface area contributed by atoms with Crippen LogP contribution >= 0.6 is 0 Å². The summed E-state index contributed by atoms with van der Waals surface area (Å²) in [6, 6.07) is 6.21. The van der Waals surface area contributed by atoms with E-state index < -0.39 is 4.92 Å². The Bertz CT molecular complexity index is 285. The lowest BCUT2D eigenvalue weighted by molar-refractivity contribution is -0.385. The Morgan fingerprint density at radius 3 is 2.75 bits per heavy atom. The number of rotatable bonds is 3. The number of nitro benzene ring substituents is 1. The normalized spacial score (nSPS) is 9.42. The highest BCUT2D eigenvalue weighted by atomic mass is 16.6. The highest BCUT2D eigenvalue weighted by Crippen LogP contribution is 2.25. The van der Waals surface area contributed by atoms with Gasteiger partial charge in [0.1, 0.15) is 0 Å². The molecule has 0 spiro atoms. The fraction of sp³-hybridized carbons (Fsp3) is 0.125. The molecule has 0 bridgehead atoms. The number of nitrogens with zero attached hydrogens (tertiary/aromatic N) is 1. The Hall–Kier alpha value is -1.58. The van der Waals surface area contributed by atoms with E-state index in [4.69, 9.17) is 4.74 Å². The van der Waals surface area contributed by atoms with Crippen LogP contribution in [0, 0.1) is 17.0 Å². The molecule has 63 valence electrons. The van der Waals surface area contributed by atoms with Gasteiger partial charge < -0.3 is 4.74 Å². The van der Waals surface area contributed by atoms with Crippen molar-refractivity contribution in [1.29, 1.82) is 0 Å². The second kappa shape index (κ2) is 3.71. The van der Waals surface area contributed by atoms with Crippen molar-refractivity contribution < 1.29 is 9.66 Å². The largest absolute Gasteiger partial charge is 0.487 e. The Labute approximate surface area is 69.9 Å². The van der Waals surface area contributed by atoms with Gasteiger partial charge in [-0.2, -0.15) is 0 Å². The van der Waals surface area contributed by atoms with Gasteiger partial charge in [0.25, 0.3) is 0 Å². The predicted molar refractivity (Wildman–Crippen MR) is 43.9 cm³/mol. The molecule has 0 atom stereocenters. The van der Waals surface area contributed by atoms with Crippen molar-refractivity contribution in [3.63, 3.8) is 0 Å². The van der Waals surface area contributed by atoms with E-state index in [1.165, 1.54) is 6.07 Å². The first-order valence-corrected chi connectivity index (χ1v) is 3.41. The number of hydrogen-bond donors (Lipinski definition) is 0. The number of benzene rings is 1. The zero-order chi connectivity index (χ0) is 8.97. The fourth-order valence-corrected chi connectivity index (χ4v) is 0.840. The molecule has 0 saturated heterocycles. The van der Waals surface area contributed by atoms with Crippen LogP contribution in [0.3, 0.4) is 0 Å². The molecule has 4 nitrogen and oxygen atoms in total. The van der Waals surface area contributed by atoms with Gasteiger partial charge in [-0.05, 0) is 13.0 Å². The van der Waals surface area contributed by atoms with Gasteiger partial charge in [0.15, 0.2) is 5.75 Å². The summed E-state index contributed by atoms with van der Waals surface area (Å²) >= 11 is 0. The number of hydrogen-bond acceptors (Lipinski definition) is 3. The molecule has 0 heterocycles. The summed E-state index contributed by atoms with van der Waals surface area (Å²) in [5, 5.41) is 10.4. The van der Waals surface area contributed by atoms with Crippen molar-refractivity contribution in [2.24, 2.45) is 0 Å². The standard InChI is InChI=1S/C8H8NO3/c1-2-12-8-6-4-3-5-7(8)9(10)11/h3-6H,1-2H2. The summed E-state index contributed by atoms with van der Waals surface area (Å²) in [6.07, 6.45) is 0. The van der Waals surface area contributed by atoms with Crippen LogP contribution < -0.4 is 4.74 Å². The number of para-hydroxylation sites is 2. The van der Waals surface area contributed by atoms with Crippen LogP contribution in [0.25, 0.3) is 0 Å². The second-order valence-corrected chi connectivity index (χ2v) is 2.07. The van der Waals surface area contributed by atoms with Crippen LogP contribution in [0.2, 0.25) is 0 Å². The van der Waals surface area contributed by atoms with Gasteiger partial charge >= 0.3 is 5.69 Å². The summed E-state index contributed by atoms with van der Waals surface area (Å²) < 4.78 is 4.95. The maximum atomic E-state index is 10.4. The molecule has 0 fully saturated rings. The van der Waals surface area contributed by atoms with Crippen LogP contribution in [0.15, 0.2) is 24.3 Å². The smallest absolute Gasteiger partial charge is 0.310 e. The number of ether oxygens (including phenoxy) is 1. The second-order valence-electron chi connectivity index (χ2n) is 2.07. The maximum Gasteiger partial charge on any atom is 0.310 e. The minimum atomic E-state index is -0.481. The minimum absolute atomic E-state index is 0.0267. The van der Waals surface area contributed by atoms with Crippen molar-refractivity contribution in [3.05, 3.63) is 41.3 Å². The number of nitro groups is 1. The summed E-state index contributed by atoms with van der Waals surface area (Å²) in [7, 11) is 0. The van der Waals surface area contributed by atoms with Gasteiger partial charge in [0.2, 0.25) is 0 Å². The van der Waals surface area contributed by atoms with Crippen molar-refractivity contribution in [1.82, 2.24) is 0 Å². The molecule has 1 aromatic rings. The zero-order valence-corrected chi connectivity index (χ0v) is 6.40. The van der Waals surface area contributed by atoms with Crippen molar-refractivity contribution >= 4 is 5.69 Å². The summed E-state index contributed by atoms with van der Waals surface area (Å²) in [5.74, 6) is 0.262. The lowest BCUT2D eigenvalue weighted by atomic mass is 10.3. The minimum Gasteiger partial charge on any atom is -0.487 e. The van der Waals surface area contributed by atoms with Crippen molar-refractivity contribution in [2.45, 2.75) is 0 Å². The molecule has 0 aliphatic heterocycles. The molecular weight excluding hydrogens is 158 g/mol. The molecule has 0 aromatic heterocycles. The van der Waals surface area contributed by atoms with Crippen LogP contribution in [-0.4, -0.2) is 11.5 Å². The summed E-state index contributed by atoms with van der Waals surface area (Å²) in [5.41, 5.74) is -0.0267. The average Bonchev–Trinajstić information content (AvgIpc) is 2.05. The van der Waals surface area contributed by atoms with Gasteiger partial charge in [-0.15, -0.1) is 0 Å². The molecule has 0 N–H and O–H groups in total. The van der Waals surface area contributed by atoms with Gasteiger partial charge in [-0.3, -0.25) is 10.1 Å². The Morgan fingerprint density at radius 2 is 2.17 bits per heavy atom. The molecule has 0 unspecified atom stereocenters. The molecule has 1 aromatic carbocycles. The van der Waals surface area contributed by atoms with Crippen molar-refractivity contribution in [3.8, 4) is 5.75 Å². The first kappa shape index (κ1) is 8.52. The molecule has 12 heavy (non-hydrogen) atoms. The van der Waals surface area contributed by atoms with E-state index in [1.807, 2.05) is 0 Å². The highest BCUT2D eigenvalue weighted by Gasteiger charge is 2.12. The Morgan fingerprint density at radius 1 is 1.50 bits per heavy atom. The summed E-state index contributed by atoms with van der Waals surface area (Å²) in [6.45, 7) is 3.62. The maximum absolute atomic E-state index is 10.4. The third-order valence-electron chi connectivity index (χ3n) is 1.32. The summed E-state index contributed by atoms with van der Waals surface area (Å²) in [4.78, 5) is 9.92. The average molecular weight is 166 g/mol. The molecule has 0 aliphatic carbocycles. The van der Waals surface area contributed by atoms with Gasteiger partial charge in [0, 0.05) is 6.07 Å². The Balaban J connectivity index is 3.00. The SMILES string of the molecule is [CH2]COc1ccccc1[N+](=O)[O-]. The first-order chi connectivity index (χ1) is 5.75. The van der Waals surface area contributed by atoms with E-state index in [1.54, 1.807) is 18.2 Å². The highest BCUT2D eigenvalue weighted by molar-refractivity contribution is 5.45. The Kier molecular flexibility index (Phi) is 2.63. The molecule has 4 heteroatoms. The van der Waals surface area contributed by atoms with Crippen LogP contribution in [0.4, 0.5) is 5.69 Å². The molecular formula is C8H8NO3. The fourth-order valence-electron chi connectivity index (χ4n) is 0.840.